The van der Waals surface area contributed by atoms with E-state index in [0.717, 1.165) is 0 Å². The Hall–Kier alpha value is -7.22. The van der Waals surface area contributed by atoms with Crippen LogP contribution in [0.1, 0.15) is 72.2 Å². The summed E-state index contributed by atoms with van der Waals surface area (Å²) in [4.78, 5) is 2.64. The fraction of sp³-hybridized carbons (Fsp3) is 0.115. The highest BCUT2D eigenvalue weighted by molar-refractivity contribution is 6.03. The second kappa shape index (κ2) is 12.4. The van der Waals surface area contributed by atoms with Gasteiger partial charge in [-0.3, -0.25) is 0 Å². The topological polar surface area (TPSA) is 3.24 Å². The lowest BCUT2D eigenvalue weighted by atomic mass is 9.69. The number of benzene rings is 9. The van der Waals surface area contributed by atoms with Crippen LogP contribution in [0.15, 0.2) is 200 Å². The number of fused-ring (bicyclic) bond motifs is 16. The van der Waals surface area contributed by atoms with Gasteiger partial charge in [0.2, 0.25) is 0 Å². The second-order valence-corrected chi connectivity index (χ2v) is 18.8. The van der Waals surface area contributed by atoms with E-state index in [-0.39, 0.29) is 10.8 Å². The van der Waals surface area contributed by atoms with Crippen LogP contribution in [-0.2, 0) is 16.2 Å². The third-order valence-corrected chi connectivity index (χ3v) is 15.1. The van der Waals surface area contributed by atoms with Gasteiger partial charge >= 0.3 is 0 Å². The number of anilines is 3. The SMILES string of the molecule is CC1(C)c2ccccc2-c2ccc(N(c3cccc4c3-c3ccccc3C4(C)C)c3cccc4c3C3(c5ccccc5-c5ccc(-c6ccccc6)cc53)c3ccccc3-4)cc21. The van der Waals surface area contributed by atoms with Gasteiger partial charge in [-0.15, -0.1) is 0 Å². The average molecular weight is 792 g/mol. The quantitative estimate of drug-likeness (QED) is 0.172. The Kier molecular flexibility index (Phi) is 7.12. The van der Waals surface area contributed by atoms with Crippen molar-refractivity contribution in [2.24, 2.45) is 0 Å². The monoisotopic (exact) mass is 791 g/mol. The van der Waals surface area contributed by atoms with Crippen molar-refractivity contribution in [3.63, 3.8) is 0 Å². The van der Waals surface area contributed by atoms with Gasteiger partial charge in [-0.25, -0.2) is 0 Å². The zero-order chi connectivity index (χ0) is 41.5. The predicted molar refractivity (Wildman–Crippen MR) is 258 cm³/mol. The van der Waals surface area contributed by atoms with Crippen molar-refractivity contribution in [1.29, 1.82) is 0 Å². The minimum Gasteiger partial charge on any atom is -0.309 e. The number of hydrogen-bond acceptors (Lipinski definition) is 1. The highest BCUT2D eigenvalue weighted by Crippen LogP contribution is 2.66. The molecule has 294 valence electrons. The Morgan fingerprint density at radius 2 is 0.790 bits per heavy atom. The Labute approximate surface area is 364 Å². The van der Waals surface area contributed by atoms with Crippen molar-refractivity contribution in [3.8, 4) is 55.6 Å². The highest BCUT2D eigenvalue weighted by atomic mass is 15.2. The van der Waals surface area contributed by atoms with Crippen molar-refractivity contribution in [3.05, 3.63) is 245 Å². The van der Waals surface area contributed by atoms with E-state index in [1.165, 1.54) is 117 Å². The molecule has 4 aliphatic carbocycles. The molecular weight excluding hydrogens is 747 g/mol. The summed E-state index contributed by atoms with van der Waals surface area (Å²) in [6.07, 6.45) is 0. The van der Waals surface area contributed by atoms with E-state index in [1.807, 2.05) is 0 Å². The van der Waals surface area contributed by atoms with Crippen molar-refractivity contribution in [2.45, 2.75) is 43.9 Å². The van der Waals surface area contributed by atoms with Crippen LogP contribution in [0.2, 0.25) is 0 Å². The summed E-state index contributed by atoms with van der Waals surface area (Å²) in [5.74, 6) is 0. The smallest absolute Gasteiger partial charge is 0.0746 e. The van der Waals surface area contributed by atoms with Gasteiger partial charge in [-0.2, -0.15) is 0 Å². The Morgan fingerprint density at radius 1 is 0.306 bits per heavy atom. The standard InChI is InChI=1S/C61H45N/c1-59(2)49-26-13-11-23-47(49)57-52(59)29-17-30-55(57)62(40-33-35-44-41-20-8-12-25-48(41)60(3,4)53(44)37-40)56-31-16-24-46-43-22-10-15-28-51(43)61(58(46)56)50-27-14-9-21-42(50)45-34-32-39(36-54(45)61)38-18-6-5-7-19-38/h5-37H,1-4H3. The predicted octanol–water partition coefficient (Wildman–Crippen LogP) is 15.8. The van der Waals surface area contributed by atoms with Gasteiger partial charge in [-0.1, -0.05) is 198 Å². The molecule has 4 aliphatic rings. The van der Waals surface area contributed by atoms with Crippen LogP contribution in [-0.4, -0.2) is 0 Å². The number of hydrogen-bond donors (Lipinski definition) is 0. The number of rotatable bonds is 4. The van der Waals surface area contributed by atoms with Crippen molar-refractivity contribution >= 4 is 17.1 Å². The molecule has 13 rings (SSSR count). The summed E-state index contributed by atoms with van der Waals surface area (Å²) in [7, 11) is 0. The van der Waals surface area contributed by atoms with Crippen LogP contribution in [0.5, 0.6) is 0 Å². The molecule has 0 heterocycles. The Balaban J connectivity index is 1.16. The largest absolute Gasteiger partial charge is 0.309 e. The van der Waals surface area contributed by atoms with E-state index in [2.05, 4.69) is 233 Å². The van der Waals surface area contributed by atoms with Crippen LogP contribution in [0.3, 0.4) is 0 Å². The molecule has 1 atom stereocenters. The summed E-state index contributed by atoms with van der Waals surface area (Å²) in [6, 6.07) is 76.0. The van der Waals surface area contributed by atoms with Crippen LogP contribution >= 0.6 is 0 Å². The molecule has 0 radical (unpaired) electrons. The molecule has 0 fully saturated rings. The van der Waals surface area contributed by atoms with E-state index in [4.69, 9.17) is 0 Å². The maximum atomic E-state index is 2.64. The molecule has 9 aromatic rings. The first-order valence-corrected chi connectivity index (χ1v) is 22.1. The fourth-order valence-electron chi connectivity index (χ4n) is 12.3. The summed E-state index contributed by atoms with van der Waals surface area (Å²) < 4.78 is 0. The van der Waals surface area contributed by atoms with Gasteiger partial charge in [-0.05, 0) is 119 Å². The lowest BCUT2D eigenvalue weighted by Crippen LogP contribution is -2.28. The minimum absolute atomic E-state index is 0.150. The second-order valence-electron chi connectivity index (χ2n) is 18.8. The third kappa shape index (κ3) is 4.43. The highest BCUT2D eigenvalue weighted by Gasteiger charge is 2.54. The van der Waals surface area contributed by atoms with E-state index in [1.54, 1.807) is 0 Å². The molecule has 9 aromatic carbocycles. The maximum Gasteiger partial charge on any atom is 0.0746 e. The molecule has 0 aromatic heterocycles. The first-order chi connectivity index (χ1) is 30.3. The molecule has 1 unspecified atom stereocenters. The molecule has 0 saturated carbocycles. The van der Waals surface area contributed by atoms with Crippen molar-refractivity contribution in [1.82, 2.24) is 0 Å². The van der Waals surface area contributed by atoms with E-state index >= 15 is 0 Å². The van der Waals surface area contributed by atoms with Gasteiger partial charge in [0.25, 0.3) is 0 Å². The van der Waals surface area contributed by atoms with Gasteiger partial charge in [0, 0.05) is 27.6 Å². The molecule has 62 heavy (non-hydrogen) atoms. The lowest BCUT2D eigenvalue weighted by Gasteiger charge is -2.37. The number of nitrogens with zero attached hydrogens (tertiary/aromatic N) is 1. The average Bonchev–Trinajstić information content (AvgIpc) is 3.95. The molecule has 1 heteroatoms. The fourth-order valence-corrected chi connectivity index (χ4v) is 12.3. The van der Waals surface area contributed by atoms with Gasteiger partial charge in [0.05, 0.1) is 16.8 Å². The van der Waals surface area contributed by atoms with E-state index < -0.39 is 5.41 Å². The van der Waals surface area contributed by atoms with Gasteiger partial charge in [0.1, 0.15) is 0 Å². The van der Waals surface area contributed by atoms with Crippen molar-refractivity contribution < 1.29 is 0 Å². The first kappa shape index (κ1) is 35.5. The third-order valence-electron chi connectivity index (χ3n) is 15.1. The normalized spacial score (nSPS) is 17.0. The van der Waals surface area contributed by atoms with Crippen LogP contribution in [0, 0.1) is 0 Å². The Bertz CT molecular complexity index is 3350. The molecule has 0 N–H and O–H groups in total. The molecule has 0 aliphatic heterocycles. The summed E-state index contributed by atoms with van der Waals surface area (Å²) >= 11 is 0. The summed E-state index contributed by atoms with van der Waals surface area (Å²) in [6.45, 7) is 9.58. The summed E-state index contributed by atoms with van der Waals surface area (Å²) in [5.41, 5.74) is 26.5. The maximum absolute atomic E-state index is 2.64. The van der Waals surface area contributed by atoms with E-state index in [0.29, 0.717) is 0 Å². The molecule has 1 spiro atoms. The van der Waals surface area contributed by atoms with Crippen molar-refractivity contribution in [2.75, 3.05) is 4.90 Å². The van der Waals surface area contributed by atoms with Crippen LogP contribution in [0.25, 0.3) is 55.6 Å². The zero-order valence-electron chi connectivity index (χ0n) is 35.5. The van der Waals surface area contributed by atoms with Gasteiger partial charge in [0.15, 0.2) is 0 Å². The van der Waals surface area contributed by atoms with Crippen LogP contribution < -0.4 is 4.90 Å². The lowest BCUT2D eigenvalue weighted by molar-refractivity contribution is 0.660. The molecule has 0 saturated heterocycles. The first-order valence-electron chi connectivity index (χ1n) is 22.1. The molecular formula is C61H45N. The molecule has 0 amide bonds. The van der Waals surface area contributed by atoms with E-state index in [9.17, 15) is 0 Å². The van der Waals surface area contributed by atoms with Crippen LogP contribution in [0.4, 0.5) is 17.1 Å². The summed E-state index contributed by atoms with van der Waals surface area (Å²) in [5, 5.41) is 0. The molecule has 1 nitrogen and oxygen atoms in total. The minimum atomic E-state index is -0.571. The van der Waals surface area contributed by atoms with Gasteiger partial charge < -0.3 is 4.90 Å². The zero-order valence-corrected chi connectivity index (χ0v) is 35.5. The molecule has 0 bridgehead atoms. The Morgan fingerprint density at radius 3 is 1.52 bits per heavy atom.